The number of hydrogen-bond donors (Lipinski definition) is 2. The Hall–Kier alpha value is -1.17. The highest BCUT2D eigenvalue weighted by molar-refractivity contribution is 6.32. The molecule has 124 valence electrons. The maximum atomic E-state index is 12.4. The molecule has 7 heteroatoms. The summed E-state index contributed by atoms with van der Waals surface area (Å²) in [5.41, 5.74) is 0.569. The van der Waals surface area contributed by atoms with Crippen molar-refractivity contribution in [2.45, 2.75) is 25.8 Å². The highest BCUT2D eigenvalue weighted by Gasteiger charge is 2.25. The SMILES string of the molecule is COc1cc(OC)c(NC(=O)[C@H]2CCN[C@@H](C)C2)cc1Cl.Cl. The standard InChI is InChI=1S/C15H21ClN2O3.ClH/c1-9-6-10(4-5-17-9)15(19)18-12-7-11(16)13(20-2)8-14(12)21-3;/h7-10,17H,4-6H2,1-3H3,(H,18,19);1H/t9-,10-;/m0./s1. The molecule has 0 radical (unpaired) electrons. The fourth-order valence-electron chi connectivity index (χ4n) is 2.56. The Labute approximate surface area is 142 Å². The van der Waals surface area contributed by atoms with E-state index in [0.29, 0.717) is 28.3 Å². The van der Waals surface area contributed by atoms with Crippen molar-refractivity contribution in [1.29, 1.82) is 0 Å². The van der Waals surface area contributed by atoms with E-state index in [4.69, 9.17) is 21.1 Å². The highest BCUT2D eigenvalue weighted by Crippen LogP contribution is 2.36. The zero-order chi connectivity index (χ0) is 15.4. The van der Waals surface area contributed by atoms with Crippen molar-refractivity contribution in [2.75, 3.05) is 26.1 Å². The zero-order valence-electron chi connectivity index (χ0n) is 12.9. The van der Waals surface area contributed by atoms with Gasteiger partial charge in [-0.25, -0.2) is 0 Å². The number of carbonyl (C=O) groups is 1. The van der Waals surface area contributed by atoms with E-state index in [9.17, 15) is 4.79 Å². The first kappa shape index (κ1) is 18.9. The molecule has 1 heterocycles. The lowest BCUT2D eigenvalue weighted by molar-refractivity contribution is -0.120. The molecule has 1 aliphatic heterocycles. The van der Waals surface area contributed by atoms with E-state index < -0.39 is 0 Å². The first-order valence-corrected chi connectivity index (χ1v) is 7.38. The molecule has 2 atom stereocenters. The summed E-state index contributed by atoms with van der Waals surface area (Å²) in [7, 11) is 3.08. The Morgan fingerprint density at radius 3 is 2.59 bits per heavy atom. The Balaban J connectivity index is 0.00000242. The van der Waals surface area contributed by atoms with Crippen LogP contribution in [-0.2, 0) is 4.79 Å². The van der Waals surface area contributed by atoms with Crippen LogP contribution in [0.25, 0.3) is 0 Å². The highest BCUT2D eigenvalue weighted by atomic mass is 35.5. The van der Waals surface area contributed by atoms with E-state index >= 15 is 0 Å². The topological polar surface area (TPSA) is 59.6 Å². The van der Waals surface area contributed by atoms with Crippen LogP contribution in [0.3, 0.4) is 0 Å². The third-order valence-electron chi connectivity index (χ3n) is 3.73. The van der Waals surface area contributed by atoms with Crippen LogP contribution in [0.15, 0.2) is 12.1 Å². The van der Waals surface area contributed by atoms with Gasteiger partial charge in [0, 0.05) is 18.0 Å². The molecule has 1 saturated heterocycles. The summed E-state index contributed by atoms with van der Waals surface area (Å²) in [4.78, 5) is 12.4. The first-order valence-electron chi connectivity index (χ1n) is 7.01. The van der Waals surface area contributed by atoms with Crippen LogP contribution < -0.4 is 20.1 Å². The van der Waals surface area contributed by atoms with Gasteiger partial charge in [-0.15, -0.1) is 12.4 Å². The maximum Gasteiger partial charge on any atom is 0.227 e. The van der Waals surface area contributed by atoms with Gasteiger partial charge in [-0.3, -0.25) is 4.79 Å². The van der Waals surface area contributed by atoms with Crippen molar-refractivity contribution in [3.8, 4) is 11.5 Å². The summed E-state index contributed by atoms with van der Waals surface area (Å²) < 4.78 is 10.4. The van der Waals surface area contributed by atoms with Crippen LogP contribution in [0.4, 0.5) is 5.69 Å². The van der Waals surface area contributed by atoms with Gasteiger partial charge < -0.3 is 20.1 Å². The molecule has 0 aliphatic carbocycles. The van der Waals surface area contributed by atoms with E-state index in [1.54, 1.807) is 19.2 Å². The lowest BCUT2D eigenvalue weighted by atomic mass is 9.92. The van der Waals surface area contributed by atoms with Gasteiger partial charge in [0.2, 0.25) is 5.91 Å². The lowest BCUT2D eigenvalue weighted by Crippen LogP contribution is -2.40. The predicted octanol–water partition coefficient (Wildman–Crippen LogP) is 3.11. The second-order valence-electron chi connectivity index (χ2n) is 5.25. The number of benzene rings is 1. The van der Waals surface area contributed by atoms with Gasteiger partial charge >= 0.3 is 0 Å². The second kappa shape index (κ2) is 8.46. The minimum absolute atomic E-state index is 0. The minimum Gasteiger partial charge on any atom is -0.495 e. The smallest absolute Gasteiger partial charge is 0.227 e. The fraction of sp³-hybridized carbons (Fsp3) is 0.533. The Kier molecular flexibility index (Phi) is 7.26. The molecule has 1 aromatic rings. The first-order chi connectivity index (χ1) is 10.0. The molecule has 1 fully saturated rings. The van der Waals surface area contributed by atoms with Crippen molar-refractivity contribution in [3.05, 3.63) is 17.2 Å². The molecule has 2 N–H and O–H groups in total. The molecule has 0 aromatic heterocycles. The van der Waals surface area contributed by atoms with Crippen molar-refractivity contribution < 1.29 is 14.3 Å². The Morgan fingerprint density at radius 1 is 1.32 bits per heavy atom. The van der Waals surface area contributed by atoms with Crippen molar-refractivity contribution >= 4 is 35.6 Å². The molecule has 2 rings (SSSR count). The number of hydrogen-bond acceptors (Lipinski definition) is 4. The molecule has 0 spiro atoms. The lowest BCUT2D eigenvalue weighted by Gasteiger charge is -2.27. The van der Waals surface area contributed by atoms with E-state index in [-0.39, 0.29) is 24.2 Å². The monoisotopic (exact) mass is 348 g/mol. The van der Waals surface area contributed by atoms with Gasteiger partial charge in [0.1, 0.15) is 11.5 Å². The van der Waals surface area contributed by atoms with Gasteiger partial charge in [-0.05, 0) is 32.4 Å². The van der Waals surface area contributed by atoms with Crippen molar-refractivity contribution in [1.82, 2.24) is 5.32 Å². The van der Waals surface area contributed by atoms with Crippen LogP contribution in [0.1, 0.15) is 19.8 Å². The normalized spacial score (nSPS) is 20.7. The van der Waals surface area contributed by atoms with Crippen LogP contribution in [-0.4, -0.2) is 32.7 Å². The van der Waals surface area contributed by atoms with Crippen LogP contribution >= 0.6 is 24.0 Å². The second-order valence-corrected chi connectivity index (χ2v) is 5.66. The molecule has 22 heavy (non-hydrogen) atoms. The summed E-state index contributed by atoms with van der Waals surface area (Å²) >= 11 is 6.11. The van der Waals surface area contributed by atoms with E-state index in [2.05, 4.69) is 17.6 Å². The molecule has 0 bridgehead atoms. The van der Waals surface area contributed by atoms with Crippen LogP contribution in [0, 0.1) is 5.92 Å². The third kappa shape index (κ3) is 4.41. The number of methoxy groups -OCH3 is 2. The number of carbonyl (C=O) groups excluding carboxylic acids is 1. The van der Waals surface area contributed by atoms with Gasteiger partial charge in [0.25, 0.3) is 0 Å². The summed E-state index contributed by atoms with van der Waals surface area (Å²) in [5.74, 6) is 1.06. The molecule has 1 amide bonds. The minimum atomic E-state index is 0. The van der Waals surface area contributed by atoms with Gasteiger partial charge in [0.15, 0.2) is 0 Å². The average Bonchev–Trinajstić information content (AvgIpc) is 2.47. The zero-order valence-corrected chi connectivity index (χ0v) is 14.5. The molecule has 0 saturated carbocycles. The van der Waals surface area contributed by atoms with Gasteiger partial charge in [-0.1, -0.05) is 11.6 Å². The Bertz CT molecular complexity index is 526. The van der Waals surface area contributed by atoms with Crippen LogP contribution in [0.2, 0.25) is 5.02 Å². The van der Waals surface area contributed by atoms with Gasteiger partial charge in [-0.2, -0.15) is 0 Å². The largest absolute Gasteiger partial charge is 0.495 e. The maximum absolute atomic E-state index is 12.4. The molecular formula is C15H22Cl2N2O3. The number of anilines is 1. The summed E-state index contributed by atoms with van der Waals surface area (Å²) in [5, 5.41) is 6.68. The number of amides is 1. The summed E-state index contributed by atoms with van der Waals surface area (Å²) in [6.07, 6.45) is 1.67. The number of ether oxygens (including phenoxy) is 2. The predicted molar refractivity (Wildman–Crippen MR) is 90.6 cm³/mol. The third-order valence-corrected chi connectivity index (χ3v) is 4.02. The van der Waals surface area contributed by atoms with Gasteiger partial charge in [0.05, 0.1) is 24.9 Å². The molecular weight excluding hydrogens is 327 g/mol. The number of halogens is 2. The number of nitrogens with one attached hydrogen (secondary N) is 2. The average molecular weight is 349 g/mol. The Morgan fingerprint density at radius 2 is 2.00 bits per heavy atom. The number of piperidine rings is 1. The van der Waals surface area contributed by atoms with E-state index in [1.165, 1.54) is 7.11 Å². The number of rotatable bonds is 4. The van der Waals surface area contributed by atoms with E-state index in [1.807, 2.05) is 0 Å². The molecule has 1 aromatic carbocycles. The van der Waals surface area contributed by atoms with Crippen molar-refractivity contribution in [3.63, 3.8) is 0 Å². The van der Waals surface area contributed by atoms with E-state index in [0.717, 1.165) is 19.4 Å². The fourth-order valence-corrected chi connectivity index (χ4v) is 2.80. The van der Waals surface area contributed by atoms with Crippen molar-refractivity contribution in [2.24, 2.45) is 5.92 Å². The van der Waals surface area contributed by atoms with Crippen LogP contribution in [0.5, 0.6) is 11.5 Å². The molecule has 0 unspecified atom stereocenters. The quantitative estimate of drug-likeness (QED) is 0.877. The molecule has 1 aliphatic rings. The summed E-state index contributed by atoms with van der Waals surface area (Å²) in [6.45, 7) is 2.95. The molecule has 5 nitrogen and oxygen atoms in total. The summed E-state index contributed by atoms with van der Waals surface area (Å²) in [6, 6.07) is 3.68.